The van der Waals surface area contributed by atoms with E-state index in [2.05, 4.69) is 59.7 Å². The van der Waals surface area contributed by atoms with Gasteiger partial charge in [0.25, 0.3) is 0 Å². The number of benzene rings is 2. The molecule has 0 aromatic heterocycles. The second-order valence-corrected chi connectivity index (χ2v) is 6.19. The summed E-state index contributed by atoms with van der Waals surface area (Å²) in [6.07, 6.45) is 3.66. The van der Waals surface area contributed by atoms with Crippen LogP contribution in [0.5, 0.6) is 0 Å². The fourth-order valence-corrected chi connectivity index (χ4v) is 2.99. The SMILES string of the molecule is Cc1ccc(NC(N)=NCC2(c3ccccc3)CCC2)cc1. The number of guanidine groups is 1. The number of hydrogen-bond acceptors (Lipinski definition) is 1. The zero-order chi connectivity index (χ0) is 15.4. The summed E-state index contributed by atoms with van der Waals surface area (Å²) in [5.41, 5.74) is 9.83. The first kappa shape index (κ1) is 14.6. The molecular weight excluding hydrogens is 270 g/mol. The number of aryl methyl sites for hydroxylation is 1. The summed E-state index contributed by atoms with van der Waals surface area (Å²) >= 11 is 0. The van der Waals surface area contributed by atoms with E-state index in [4.69, 9.17) is 5.73 Å². The van der Waals surface area contributed by atoms with Gasteiger partial charge in [0.05, 0.1) is 6.54 Å². The van der Waals surface area contributed by atoms with Gasteiger partial charge in [0.15, 0.2) is 5.96 Å². The Bertz CT molecular complexity index is 640. The van der Waals surface area contributed by atoms with Gasteiger partial charge in [-0.1, -0.05) is 54.4 Å². The van der Waals surface area contributed by atoms with Gasteiger partial charge >= 0.3 is 0 Å². The van der Waals surface area contributed by atoms with Crippen molar-refractivity contribution in [3.63, 3.8) is 0 Å². The van der Waals surface area contributed by atoms with Gasteiger partial charge in [0.2, 0.25) is 0 Å². The van der Waals surface area contributed by atoms with Crippen LogP contribution in [-0.4, -0.2) is 12.5 Å². The fourth-order valence-electron chi connectivity index (χ4n) is 2.99. The Morgan fingerprint density at radius 1 is 1.09 bits per heavy atom. The molecule has 0 spiro atoms. The molecule has 3 rings (SSSR count). The lowest BCUT2D eigenvalue weighted by molar-refractivity contribution is 0.254. The van der Waals surface area contributed by atoms with E-state index in [9.17, 15) is 0 Å². The van der Waals surface area contributed by atoms with Crippen LogP contribution in [0.4, 0.5) is 5.69 Å². The molecular formula is C19H23N3. The van der Waals surface area contributed by atoms with Gasteiger partial charge in [-0.05, 0) is 37.5 Å². The summed E-state index contributed by atoms with van der Waals surface area (Å²) in [4.78, 5) is 4.60. The highest BCUT2D eigenvalue weighted by Crippen LogP contribution is 2.43. The number of anilines is 1. The van der Waals surface area contributed by atoms with Crippen LogP contribution in [0, 0.1) is 6.92 Å². The molecule has 1 saturated carbocycles. The molecule has 22 heavy (non-hydrogen) atoms. The third-order valence-corrected chi connectivity index (χ3v) is 4.57. The van der Waals surface area contributed by atoms with E-state index in [1.807, 2.05) is 12.1 Å². The monoisotopic (exact) mass is 293 g/mol. The molecule has 2 aromatic carbocycles. The molecule has 0 radical (unpaired) electrons. The maximum Gasteiger partial charge on any atom is 0.193 e. The van der Waals surface area contributed by atoms with E-state index in [-0.39, 0.29) is 5.41 Å². The van der Waals surface area contributed by atoms with Gasteiger partial charge in [-0.15, -0.1) is 0 Å². The molecule has 0 bridgehead atoms. The van der Waals surface area contributed by atoms with Crippen LogP contribution in [0.15, 0.2) is 59.6 Å². The van der Waals surface area contributed by atoms with Gasteiger partial charge < -0.3 is 11.1 Å². The molecule has 3 heteroatoms. The Balaban J connectivity index is 1.68. The van der Waals surface area contributed by atoms with Crippen LogP contribution in [0.3, 0.4) is 0 Å². The summed E-state index contributed by atoms with van der Waals surface area (Å²) in [5.74, 6) is 0.492. The minimum absolute atomic E-state index is 0.181. The Morgan fingerprint density at radius 2 is 1.77 bits per heavy atom. The fraction of sp³-hybridized carbons (Fsp3) is 0.316. The van der Waals surface area contributed by atoms with E-state index in [0.717, 1.165) is 12.2 Å². The van der Waals surface area contributed by atoms with Crippen molar-refractivity contribution in [1.29, 1.82) is 0 Å². The second-order valence-electron chi connectivity index (χ2n) is 6.19. The average Bonchev–Trinajstić information content (AvgIpc) is 2.50. The summed E-state index contributed by atoms with van der Waals surface area (Å²) in [6.45, 7) is 2.82. The predicted octanol–water partition coefficient (Wildman–Crippen LogP) is 3.84. The molecule has 0 atom stereocenters. The summed E-state index contributed by atoms with van der Waals surface area (Å²) in [6, 6.07) is 18.9. The Labute approximate surface area is 132 Å². The molecule has 1 aliphatic carbocycles. The molecule has 0 unspecified atom stereocenters. The second kappa shape index (κ2) is 6.22. The molecule has 3 N–H and O–H groups in total. The smallest absolute Gasteiger partial charge is 0.193 e. The van der Waals surface area contributed by atoms with Gasteiger partial charge in [-0.25, -0.2) is 0 Å². The Morgan fingerprint density at radius 3 is 2.36 bits per heavy atom. The van der Waals surface area contributed by atoms with Crippen LogP contribution in [0.2, 0.25) is 0 Å². The number of nitrogens with two attached hydrogens (primary N) is 1. The van der Waals surface area contributed by atoms with E-state index < -0.39 is 0 Å². The quantitative estimate of drug-likeness (QED) is 0.664. The molecule has 3 nitrogen and oxygen atoms in total. The van der Waals surface area contributed by atoms with Crippen LogP contribution < -0.4 is 11.1 Å². The predicted molar refractivity (Wildman–Crippen MR) is 93.3 cm³/mol. The van der Waals surface area contributed by atoms with E-state index in [0.29, 0.717) is 5.96 Å². The lowest BCUT2D eigenvalue weighted by atomic mass is 9.64. The van der Waals surface area contributed by atoms with Crippen LogP contribution in [-0.2, 0) is 5.41 Å². The largest absolute Gasteiger partial charge is 0.370 e. The highest BCUT2D eigenvalue weighted by atomic mass is 15.1. The van der Waals surface area contributed by atoms with Gasteiger partial charge in [-0.3, -0.25) is 4.99 Å². The summed E-state index contributed by atoms with van der Waals surface area (Å²) in [5, 5.41) is 3.17. The maximum atomic E-state index is 6.05. The first-order chi connectivity index (χ1) is 10.7. The highest BCUT2D eigenvalue weighted by Gasteiger charge is 2.38. The van der Waals surface area contributed by atoms with E-state index >= 15 is 0 Å². The first-order valence-electron chi connectivity index (χ1n) is 7.87. The summed E-state index contributed by atoms with van der Waals surface area (Å²) < 4.78 is 0. The number of hydrogen-bond donors (Lipinski definition) is 2. The van der Waals surface area contributed by atoms with Crippen molar-refractivity contribution in [2.24, 2.45) is 10.7 Å². The molecule has 0 amide bonds. The number of nitrogens with zero attached hydrogens (tertiary/aromatic N) is 1. The minimum atomic E-state index is 0.181. The van der Waals surface area contributed by atoms with Gasteiger partial charge in [0.1, 0.15) is 0 Å². The van der Waals surface area contributed by atoms with Crippen LogP contribution in [0.1, 0.15) is 30.4 Å². The summed E-state index contributed by atoms with van der Waals surface area (Å²) in [7, 11) is 0. The molecule has 0 aliphatic heterocycles. The molecule has 0 heterocycles. The third-order valence-electron chi connectivity index (χ3n) is 4.57. The van der Waals surface area contributed by atoms with Crippen molar-refractivity contribution >= 4 is 11.6 Å². The van der Waals surface area contributed by atoms with Crippen LogP contribution in [0.25, 0.3) is 0 Å². The van der Waals surface area contributed by atoms with Gasteiger partial charge in [0, 0.05) is 11.1 Å². The van der Waals surface area contributed by atoms with E-state index in [1.165, 1.54) is 30.4 Å². The van der Waals surface area contributed by atoms with Crippen molar-refractivity contribution in [2.75, 3.05) is 11.9 Å². The van der Waals surface area contributed by atoms with Crippen molar-refractivity contribution in [2.45, 2.75) is 31.6 Å². The maximum absolute atomic E-state index is 6.05. The number of rotatable bonds is 4. The standard InChI is InChI=1S/C19H23N3/c1-15-8-10-17(11-9-15)22-18(20)21-14-19(12-5-13-19)16-6-3-2-4-7-16/h2-4,6-11H,5,12-14H2,1H3,(H3,20,21,22). The van der Waals surface area contributed by atoms with Crippen molar-refractivity contribution in [1.82, 2.24) is 0 Å². The molecule has 114 valence electrons. The van der Waals surface area contributed by atoms with Crippen molar-refractivity contribution < 1.29 is 0 Å². The molecule has 1 aliphatic rings. The lowest BCUT2D eigenvalue weighted by Crippen LogP contribution is -2.38. The Kier molecular flexibility index (Phi) is 4.14. The van der Waals surface area contributed by atoms with Crippen LogP contribution >= 0.6 is 0 Å². The highest BCUT2D eigenvalue weighted by molar-refractivity contribution is 5.92. The topological polar surface area (TPSA) is 50.4 Å². The van der Waals surface area contributed by atoms with Crippen molar-refractivity contribution in [3.05, 3.63) is 65.7 Å². The number of aliphatic imine (C=N–C) groups is 1. The molecule has 0 saturated heterocycles. The average molecular weight is 293 g/mol. The molecule has 1 fully saturated rings. The third kappa shape index (κ3) is 3.14. The lowest BCUT2D eigenvalue weighted by Gasteiger charge is -2.41. The Hall–Kier alpha value is -2.29. The zero-order valence-corrected chi connectivity index (χ0v) is 13.0. The molecule has 2 aromatic rings. The van der Waals surface area contributed by atoms with Gasteiger partial charge in [-0.2, -0.15) is 0 Å². The van der Waals surface area contributed by atoms with Crippen molar-refractivity contribution in [3.8, 4) is 0 Å². The normalized spacial score (nSPS) is 16.9. The van der Waals surface area contributed by atoms with E-state index in [1.54, 1.807) is 0 Å². The minimum Gasteiger partial charge on any atom is -0.370 e. The number of nitrogens with one attached hydrogen (secondary N) is 1. The zero-order valence-electron chi connectivity index (χ0n) is 13.0. The first-order valence-corrected chi connectivity index (χ1v) is 7.87.